The number of nitrogens with two attached hydrogens (primary N) is 1. The number of carboxylic acid groups (broad SMARTS) is 1. The highest BCUT2D eigenvalue weighted by Crippen LogP contribution is 2.28. The minimum Gasteiger partial charge on any atom is -0.481 e. The van der Waals surface area contributed by atoms with Crippen molar-refractivity contribution in [3.05, 3.63) is 57.5 Å². The number of carboxylic acids is 1. The number of para-hydroxylation sites is 1. The highest BCUT2D eigenvalue weighted by molar-refractivity contribution is 5.95. The second kappa shape index (κ2) is 8.48. The van der Waals surface area contributed by atoms with Crippen molar-refractivity contribution in [2.75, 3.05) is 6.54 Å². The maximum atomic E-state index is 12.5. The molecular weight excluding hydrogens is 376 g/mol. The van der Waals surface area contributed by atoms with E-state index < -0.39 is 17.1 Å². The van der Waals surface area contributed by atoms with Crippen LogP contribution in [0.25, 0.3) is 33.3 Å². The molecule has 0 fully saturated rings. The van der Waals surface area contributed by atoms with Gasteiger partial charge in [-0.25, -0.2) is 9.97 Å². The summed E-state index contributed by atoms with van der Waals surface area (Å²) in [6.45, 7) is 2.42. The van der Waals surface area contributed by atoms with Gasteiger partial charge in [0.1, 0.15) is 5.69 Å². The number of rotatable bonds is 4. The number of aromatic nitrogens is 5. The van der Waals surface area contributed by atoms with E-state index in [4.69, 9.17) is 15.6 Å². The summed E-state index contributed by atoms with van der Waals surface area (Å²) in [7, 11) is 0. The van der Waals surface area contributed by atoms with E-state index in [0.29, 0.717) is 12.1 Å². The van der Waals surface area contributed by atoms with E-state index in [1.54, 1.807) is 0 Å². The van der Waals surface area contributed by atoms with Crippen molar-refractivity contribution in [3.8, 4) is 11.3 Å². The molecule has 0 radical (unpaired) electrons. The fraction of sp³-hybridized carbons (Fsp3) is 0.211. The molecule has 0 spiro atoms. The van der Waals surface area contributed by atoms with E-state index in [0.717, 1.165) is 30.8 Å². The van der Waals surface area contributed by atoms with Crippen LogP contribution in [0.4, 0.5) is 0 Å². The zero-order valence-corrected chi connectivity index (χ0v) is 15.7. The third-order valence-electron chi connectivity index (χ3n) is 4.15. The normalized spacial score (nSPS) is 10.7. The average Bonchev–Trinajstić information content (AvgIpc) is 3.05. The predicted molar refractivity (Wildman–Crippen MR) is 109 cm³/mol. The van der Waals surface area contributed by atoms with Crippen LogP contribution < -0.4 is 16.9 Å². The van der Waals surface area contributed by atoms with E-state index in [1.165, 1.54) is 6.33 Å². The summed E-state index contributed by atoms with van der Waals surface area (Å²) in [5.74, 6) is -0.833. The molecule has 10 heteroatoms. The Bertz CT molecular complexity index is 1280. The van der Waals surface area contributed by atoms with Gasteiger partial charge >= 0.3 is 0 Å². The molecule has 29 heavy (non-hydrogen) atoms. The highest BCUT2D eigenvalue weighted by atomic mass is 16.4. The zero-order chi connectivity index (χ0) is 21.0. The lowest BCUT2D eigenvalue weighted by molar-refractivity contribution is -0.134. The second-order valence-corrected chi connectivity index (χ2v) is 6.26. The number of carbonyl (C=O) groups is 1. The molecule has 3 aromatic heterocycles. The highest BCUT2D eigenvalue weighted by Gasteiger charge is 2.16. The molecule has 3 heterocycles. The summed E-state index contributed by atoms with van der Waals surface area (Å²) in [4.78, 5) is 46.7. The molecule has 0 atom stereocenters. The predicted octanol–water partition coefficient (Wildman–Crippen LogP) is 1.07. The molecule has 0 aliphatic rings. The Balaban J connectivity index is 0.000000552. The number of fused-ring (bicyclic) bond motifs is 2. The first-order valence-electron chi connectivity index (χ1n) is 8.88. The molecule has 0 amide bonds. The molecule has 150 valence electrons. The molecule has 0 bridgehead atoms. The first-order valence-corrected chi connectivity index (χ1v) is 8.88. The van der Waals surface area contributed by atoms with Crippen molar-refractivity contribution in [1.29, 1.82) is 0 Å². The molecular formula is C19H20N6O4. The van der Waals surface area contributed by atoms with Gasteiger partial charge in [0, 0.05) is 36.1 Å². The number of aryl methyl sites for hydroxylation is 1. The van der Waals surface area contributed by atoms with Crippen molar-refractivity contribution in [2.45, 2.75) is 19.9 Å². The van der Waals surface area contributed by atoms with Crippen LogP contribution in [0.1, 0.15) is 13.3 Å². The van der Waals surface area contributed by atoms with E-state index in [2.05, 4.69) is 24.5 Å². The monoisotopic (exact) mass is 396 g/mol. The first-order chi connectivity index (χ1) is 13.9. The number of aromatic amines is 2. The Morgan fingerprint density at radius 1 is 1.24 bits per heavy atom. The summed E-state index contributed by atoms with van der Waals surface area (Å²) in [5.41, 5.74) is 7.00. The largest absolute Gasteiger partial charge is 0.481 e. The van der Waals surface area contributed by atoms with Gasteiger partial charge in [0.25, 0.3) is 17.1 Å². The molecule has 10 nitrogen and oxygen atoms in total. The van der Waals surface area contributed by atoms with Crippen LogP contribution in [0.3, 0.4) is 0 Å². The number of benzene rings is 1. The number of nitrogens with one attached hydrogen (secondary N) is 2. The molecule has 0 saturated heterocycles. The van der Waals surface area contributed by atoms with Crippen LogP contribution in [0.15, 0.2) is 46.4 Å². The van der Waals surface area contributed by atoms with Crippen molar-refractivity contribution < 1.29 is 9.90 Å². The third-order valence-corrected chi connectivity index (χ3v) is 4.15. The Morgan fingerprint density at radius 3 is 2.69 bits per heavy atom. The Morgan fingerprint density at radius 2 is 1.97 bits per heavy atom. The van der Waals surface area contributed by atoms with E-state index in [1.807, 2.05) is 30.5 Å². The van der Waals surface area contributed by atoms with Gasteiger partial charge in [0.2, 0.25) is 0 Å². The van der Waals surface area contributed by atoms with Crippen molar-refractivity contribution in [2.24, 2.45) is 5.73 Å². The minimum absolute atomic E-state index is 0.0723. The number of nitrogens with zero attached hydrogens (tertiary/aromatic N) is 3. The smallest absolute Gasteiger partial charge is 0.300 e. The van der Waals surface area contributed by atoms with Gasteiger partial charge in [-0.15, -0.1) is 0 Å². The van der Waals surface area contributed by atoms with Crippen molar-refractivity contribution >= 4 is 28.0 Å². The summed E-state index contributed by atoms with van der Waals surface area (Å²) >= 11 is 0. The standard InChI is InChI=1S/C17H16N6O2.C2H4O2/c18-6-3-7-23-8-11(10-4-1-2-5-12(10)23)13-17(25)22-14-15(21-13)19-9-20-16(14)24;1-2(3)4/h1-2,4-5,8-9H,3,6-7,18H2,(H,22,25)(H,19,20,21,24);1H3,(H,3,4). The summed E-state index contributed by atoms with van der Waals surface area (Å²) in [5, 5.41) is 8.33. The van der Waals surface area contributed by atoms with Gasteiger partial charge in [0.15, 0.2) is 11.2 Å². The van der Waals surface area contributed by atoms with Gasteiger partial charge in [-0.2, -0.15) is 0 Å². The lowest BCUT2D eigenvalue weighted by atomic mass is 10.1. The second-order valence-electron chi connectivity index (χ2n) is 6.26. The number of hydrogen-bond donors (Lipinski definition) is 4. The van der Waals surface area contributed by atoms with E-state index in [9.17, 15) is 9.59 Å². The van der Waals surface area contributed by atoms with Crippen molar-refractivity contribution in [1.82, 2.24) is 24.5 Å². The Kier molecular flexibility index (Phi) is 5.84. The maximum Gasteiger partial charge on any atom is 0.300 e. The molecule has 0 aliphatic heterocycles. The summed E-state index contributed by atoms with van der Waals surface area (Å²) in [6, 6.07) is 7.80. The van der Waals surface area contributed by atoms with Gasteiger partial charge < -0.3 is 25.4 Å². The topological polar surface area (TPSA) is 160 Å². The quantitative estimate of drug-likeness (QED) is 0.401. The third kappa shape index (κ3) is 4.22. The molecule has 0 saturated carbocycles. The zero-order valence-electron chi connectivity index (χ0n) is 15.7. The van der Waals surface area contributed by atoms with Crippen LogP contribution in [0.2, 0.25) is 0 Å². The number of H-pyrrole nitrogens is 2. The maximum absolute atomic E-state index is 12.5. The number of hydrogen-bond acceptors (Lipinski definition) is 6. The molecule has 0 unspecified atom stereocenters. The van der Waals surface area contributed by atoms with Crippen LogP contribution in [0.5, 0.6) is 0 Å². The van der Waals surface area contributed by atoms with E-state index in [-0.39, 0.29) is 16.9 Å². The lowest BCUT2D eigenvalue weighted by Gasteiger charge is -2.02. The van der Waals surface area contributed by atoms with Crippen LogP contribution >= 0.6 is 0 Å². The summed E-state index contributed by atoms with van der Waals surface area (Å²) in [6.07, 6.45) is 4.00. The fourth-order valence-corrected chi connectivity index (χ4v) is 2.98. The Hall–Kier alpha value is -3.79. The molecule has 4 rings (SSSR count). The van der Waals surface area contributed by atoms with Crippen LogP contribution in [-0.4, -0.2) is 42.1 Å². The van der Waals surface area contributed by atoms with Gasteiger partial charge in [-0.1, -0.05) is 18.2 Å². The van der Waals surface area contributed by atoms with Gasteiger partial charge in [-0.05, 0) is 19.0 Å². The van der Waals surface area contributed by atoms with Crippen LogP contribution in [-0.2, 0) is 11.3 Å². The average molecular weight is 396 g/mol. The minimum atomic E-state index is -0.833. The number of aliphatic carboxylic acids is 1. The van der Waals surface area contributed by atoms with E-state index >= 15 is 0 Å². The van der Waals surface area contributed by atoms with Crippen LogP contribution in [0, 0.1) is 0 Å². The fourth-order valence-electron chi connectivity index (χ4n) is 2.98. The molecule has 1 aromatic carbocycles. The molecule has 0 aliphatic carbocycles. The lowest BCUT2D eigenvalue weighted by Crippen LogP contribution is -2.18. The van der Waals surface area contributed by atoms with Gasteiger partial charge in [-0.3, -0.25) is 14.4 Å². The summed E-state index contributed by atoms with van der Waals surface area (Å²) < 4.78 is 2.06. The van der Waals surface area contributed by atoms with Gasteiger partial charge in [0.05, 0.1) is 6.33 Å². The van der Waals surface area contributed by atoms with Crippen molar-refractivity contribution in [3.63, 3.8) is 0 Å². The SMILES string of the molecule is CC(=O)O.NCCCn1cc(-c2nc3nc[nH]c(=O)c3[nH]c2=O)c2ccccc21. The molecule has 4 aromatic rings. The Labute approximate surface area is 164 Å². The molecule has 5 N–H and O–H groups in total. The first kappa shape index (κ1) is 20.0.